The zero-order valence-electron chi connectivity index (χ0n) is 11.2. The van der Waals surface area contributed by atoms with Gasteiger partial charge < -0.3 is 15.8 Å². The highest BCUT2D eigenvalue weighted by Crippen LogP contribution is 2.34. The Morgan fingerprint density at radius 3 is 2.48 bits per heavy atom. The van der Waals surface area contributed by atoms with Crippen molar-refractivity contribution in [3.8, 4) is 0 Å². The number of nitro groups is 2. The molecule has 21 heavy (non-hydrogen) atoms. The van der Waals surface area contributed by atoms with Gasteiger partial charge in [0.15, 0.2) is 0 Å². The van der Waals surface area contributed by atoms with Crippen LogP contribution in [0.2, 0.25) is 0 Å². The van der Waals surface area contributed by atoms with Gasteiger partial charge in [-0.2, -0.15) is 0 Å². The Balaban J connectivity index is 3.01. The fourth-order valence-corrected chi connectivity index (χ4v) is 1.87. The Hall–Kier alpha value is -2.55. The van der Waals surface area contributed by atoms with Crippen LogP contribution >= 0.6 is 0 Å². The van der Waals surface area contributed by atoms with E-state index in [0.717, 1.165) is 12.5 Å². The van der Waals surface area contributed by atoms with Crippen LogP contribution in [-0.4, -0.2) is 28.7 Å². The molecule has 0 aliphatic carbocycles. The van der Waals surface area contributed by atoms with E-state index in [0.29, 0.717) is 25.7 Å². The first-order chi connectivity index (χ1) is 10.0. The minimum atomic E-state index is -0.831. The average Bonchev–Trinajstić information content (AvgIpc) is 2.45. The van der Waals surface area contributed by atoms with Gasteiger partial charge >= 0.3 is 11.4 Å². The molecule has 0 amide bonds. The Bertz CT molecular complexity index is 534. The average molecular weight is 296 g/mol. The summed E-state index contributed by atoms with van der Waals surface area (Å²) in [5, 5.41) is 24.5. The summed E-state index contributed by atoms with van der Waals surface area (Å²) >= 11 is 0. The zero-order chi connectivity index (χ0) is 15.8. The normalized spacial score (nSPS) is 11.7. The molecule has 1 rings (SSSR count). The van der Waals surface area contributed by atoms with Crippen LogP contribution < -0.4 is 11.1 Å². The summed E-state index contributed by atoms with van der Waals surface area (Å²) in [4.78, 5) is 31.2. The Morgan fingerprint density at radius 2 is 1.95 bits per heavy atom. The molecule has 9 nitrogen and oxygen atoms in total. The molecule has 0 heterocycles. The van der Waals surface area contributed by atoms with Crippen LogP contribution in [0.1, 0.15) is 19.3 Å². The van der Waals surface area contributed by atoms with Crippen LogP contribution in [0.15, 0.2) is 18.2 Å². The van der Waals surface area contributed by atoms with E-state index in [-0.39, 0.29) is 5.69 Å². The second-order valence-electron chi connectivity index (χ2n) is 4.36. The third kappa shape index (κ3) is 4.49. The van der Waals surface area contributed by atoms with Crippen molar-refractivity contribution < 1.29 is 14.6 Å². The number of rotatable bonds is 9. The topological polar surface area (TPSA) is 141 Å². The zero-order valence-corrected chi connectivity index (χ0v) is 11.2. The van der Waals surface area contributed by atoms with E-state index in [4.69, 9.17) is 5.73 Å². The van der Waals surface area contributed by atoms with Gasteiger partial charge in [0, 0.05) is 6.07 Å². The summed E-state index contributed by atoms with van der Waals surface area (Å²) in [5.74, 6) is 0. The highest BCUT2D eigenvalue weighted by molar-refractivity contribution is 5.75. The molecule has 0 spiro atoms. The van der Waals surface area contributed by atoms with Crippen LogP contribution in [0, 0.1) is 20.2 Å². The molecule has 114 valence electrons. The molecule has 0 saturated heterocycles. The van der Waals surface area contributed by atoms with Crippen molar-refractivity contribution >= 4 is 23.3 Å². The number of carbonyl (C=O) groups excluding carboxylic acids is 1. The molecule has 0 aromatic heterocycles. The first-order valence-electron chi connectivity index (χ1n) is 6.35. The fraction of sp³-hybridized carbons (Fsp3) is 0.417. The van der Waals surface area contributed by atoms with Crippen LogP contribution in [0.3, 0.4) is 0 Å². The number of carbonyl (C=O) groups is 1. The lowest BCUT2D eigenvalue weighted by Gasteiger charge is -2.13. The van der Waals surface area contributed by atoms with E-state index in [9.17, 15) is 25.0 Å². The van der Waals surface area contributed by atoms with Gasteiger partial charge in [-0.05, 0) is 31.9 Å². The minimum Gasteiger partial charge on any atom is -0.370 e. The Kier molecular flexibility index (Phi) is 6.21. The van der Waals surface area contributed by atoms with Crippen molar-refractivity contribution in [3.05, 3.63) is 38.4 Å². The number of nitrogens with one attached hydrogen (secondary N) is 1. The Morgan fingerprint density at radius 1 is 1.24 bits per heavy atom. The molecular weight excluding hydrogens is 280 g/mol. The molecule has 0 aliphatic rings. The van der Waals surface area contributed by atoms with Gasteiger partial charge in [0.2, 0.25) is 0 Å². The van der Waals surface area contributed by atoms with Crippen molar-refractivity contribution in [3.63, 3.8) is 0 Å². The molecular formula is C12H16N4O5. The number of aldehydes is 1. The lowest BCUT2D eigenvalue weighted by atomic mass is 10.1. The van der Waals surface area contributed by atoms with Crippen molar-refractivity contribution in [1.29, 1.82) is 0 Å². The number of hydrogen-bond acceptors (Lipinski definition) is 7. The number of anilines is 1. The van der Waals surface area contributed by atoms with E-state index in [1.165, 1.54) is 12.1 Å². The lowest BCUT2D eigenvalue weighted by molar-refractivity contribution is -0.421. The fourth-order valence-electron chi connectivity index (χ4n) is 1.87. The van der Waals surface area contributed by atoms with Crippen LogP contribution in [0.4, 0.5) is 17.1 Å². The minimum absolute atomic E-state index is 0.0425. The maximum atomic E-state index is 11.0. The molecule has 0 fully saturated rings. The molecule has 1 unspecified atom stereocenters. The lowest BCUT2D eigenvalue weighted by Crippen LogP contribution is -2.22. The maximum absolute atomic E-state index is 11.0. The molecule has 0 saturated carbocycles. The number of benzene rings is 1. The van der Waals surface area contributed by atoms with Gasteiger partial charge in [-0.3, -0.25) is 20.2 Å². The van der Waals surface area contributed by atoms with Crippen LogP contribution in [-0.2, 0) is 4.79 Å². The number of nitro benzene ring substituents is 2. The molecule has 9 heteroatoms. The second kappa shape index (κ2) is 7.90. The summed E-state index contributed by atoms with van der Waals surface area (Å²) in [6.45, 7) is 0.489. The summed E-state index contributed by atoms with van der Waals surface area (Å²) in [6.07, 6.45) is 2.47. The van der Waals surface area contributed by atoms with Crippen molar-refractivity contribution in [2.24, 2.45) is 5.73 Å². The predicted octanol–water partition coefficient (Wildman–Crippen LogP) is 1.61. The summed E-state index contributed by atoms with van der Waals surface area (Å²) in [5.41, 5.74) is 4.05. The van der Waals surface area contributed by atoms with E-state index < -0.39 is 27.3 Å². The van der Waals surface area contributed by atoms with Gasteiger partial charge in [-0.25, -0.2) is 0 Å². The quantitative estimate of drug-likeness (QED) is 0.305. The van der Waals surface area contributed by atoms with Gasteiger partial charge in [-0.15, -0.1) is 0 Å². The number of para-hydroxylation sites is 1. The SMILES string of the molecule is NCCCCC(C=O)Nc1cccc([N+](=O)[O-])c1[N+](=O)[O-]. The first kappa shape index (κ1) is 16.5. The standard InChI is InChI=1S/C12H16N4O5/c13-7-2-1-4-9(8-17)14-10-5-3-6-11(15(18)19)12(10)16(20)21/h3,5-6,8-9,14H,1-2,4,7,13H2. The largest absolute Gasteiger partial charge is 0.370 e. The number of hydrogen-bond donors (Lipinski definition) is 2. The van der Waals surface area contributed by atoms with Gasteiger partial charge in [0.1, 0.15) is 12.0 Å². The number of unbranched alkanes of at least 4 members (excludes halogenated alkanes) is 1. The third-order valence-corrected chi connectivity index (χ3v) is 2.87. The monoisotopic (exact) mass is 296 g/mol. The molecule has 1 aromatic rings. The van der Waals surface area contributed by atoms with Gasteiger partial charge in [-0.1, -0.05) is 6.07 Å². The van der Waals surface area contributed by atoms with E-state index in [1.807, 2.05) is 0 Å². The number of nitrogens with two attached hydrogens (primary N) is 1. The summed E-state index contributed by atoms with van der Waals surface area (Å²) in [7, 11) is 0. The third-order valence-electron chi connectivity index (χ3n) is 2.87. The van der Waals surface area contributed by atoms with Crippen molar-refractivity contribution in [2.45, 2.75) is 25.3 Å². The highest BCUT2D eigenvalue weighted by atomic mass is 16.6. The van der Waals surface area contributed by atoms with Crippen molar-refractivity contribution in [1.82, 2.24) is 0 Å². The van der Waals surface area contributed by atoms with E-state index in [1.54, 1.807) is 0 Å². The molecule has 1 atom stereocenters. The van der Waals surface area contributed by atoms with Gasteiger partial charge in [0.05, 0.1) is 15.9 Å². The first-order valence-corrected chi connectivity index (χ1v) is 6.35. The number of nitrogens with zero attached hydrogens (tertiary/aromatic N) is 2. The molecule has 0 aliphatic heterocycles. The van der Waals surface area contributed by atoms with Crippen LogP contribution in [0.25, 0.3) is 0 Å². The summed E-state index contributed by atoms with van der Waals surface area (Å²) in [6, 6.07) is 3.06. The van der Waals surface area contributed by atoms with Gasteiger partial charge in [0.25, 0.3) is 0 Å². The second-order valence-corrected chi connectivity index (χ2v) is 4.36. The predicted molar refractivity (Wildman–Crippen MR) is 76.1 cm³/mol. The smallest absolute Gasteiger partial charge is 0.368 e. The van der Waals surface area contributed by atoms with Crippen LogP contribution in [0.5, 0.6) is 0 Å². The van der Waals surface area contributed by atoms with E-state index >= 15 is 0 Å². The summed E-state index contributed by atoms with van der Waals surface area (Å²) < 4.78 is 0. The van der Waals surface area contributed by atoms with E-state index in [2.05, 4.69) is 5.32 Å². The molecule has 3 N–H and O–H groups in total. The Labute approximate surface area is 120 Å². The molecule has 0 bridgehead atoms. The highest BCUT2D eigenvalue weighted by Gasteiger charge is 2.29. The maximum Gasteiger partial charge on any atom is 0.368 e. The van der Waals surface area contributed by atoms with Crippen molar-refractivity contribution in [2.75, 3.05) is 11.9 Å². The molecule has 0 radical (unpaired) electrons. The molecule has 1 aromatic carbocycles.